The molecule has 0 aromatic heterocycles. The zero-order valence-electron chi connectivity index (χ0n) is 12.4. The lowest BCUT2D eigenvalue weighted by molar-refractivity contribution is 0.285. The Morgan fingerprint density at radius 2 is 2.00 bits per heavy atom. The van der Waals surface area contributed by atoms with Crippen molar-refractivity contribution in [3.8, 4) is 0 Å². The average molecular weight is 314 g/mol. The minimum atomic E-state index is -3.73. The normalized spacial score (nSPS) is 18.0. The van der Waals surface area contributed by atoms with Gasteiger partial charge in [-0.25, -0.2) is 17.5 Å². The van der Waals surface area contributed by atoms with E-state index in [1.807, 2.05) is 0 Å². The van der Waals surface area contributed by atoms with Crippen molar-refractivity contribution in [1.82, 2.24) is 4.72 Å². The van der Waals surface area contributed by atoms with Crippen molar-refractivity contribution in [3.63, 3.8) is 0 Å². The Bertz CT molecular complexity index is 596. The monoisotopic (exact) mass is 314 g/mol. The SMILES string of the molecule is CCC1(CNS(=O)(=O)c2cccc(F)c2CN)CCCC1. The molecule has 1 aliphatic rings. The van der Waals surface area contributed by atoms with E-state index in [1.165, 1.54) is 18.2 Å². The number of nitrogens with two attached hydrogens (primary N) is 1. The first-order valence-corrected chi connectivity index (χ1v) is 8.89. The maximum Gasteiger partial charge on any atom is 0.241 e. The van der Waals surface area contributed by atoms with Gasteiger partial charge in [-0.15, -0.1) is 0 Å². The fourth-order valence-corrected chi connectivity index (χ4v) is 4.51. The third-order valence-electron chi connectivity index (χ3n) is 4.62. The predicted molar refractivity (Wildman–Crippen MR) is 80.7 cm³/mol. The van der Waals surface area contributed by atoms with Gasteiger partial charge in [-0.1, -0.05) is 25.8 Å². The molecule has 118 valence electrons. The third-order valence-corrected chi connectivity index (χ3v) is 6.11. The van der Waals surface area contributed by atoms with Crippen LogP contribution in [0, 0.1) is 11.2 Å². The van der Waals surface area contributed by atoms with E-state index >= 15 is 0 Å². The first kappa shape index (κ1) is 16.4. The molecule has 0 bridgehead atoms. The Kier molecular flexibility index (Phi) is 5.01. The molecule has 0 saturated heterocycles. The van der Waals surface area contributed by atoms with Crippen molar-refractivity contribution < 1.29 is 12.8 Å². The van der Waals surface area contributed by atoms with Crippen LogP contribution in [0.3, 0.4) is 0 Å². The minimum absolute atomic E-state index is 0.0435. The number of sulfonamides is 1. The Hall–Kier alpha value is -0.980. The molecule has 21 heavy (non-hydrogen) atoms. The van der Waals surface area contributed by atoms with E-state index in [0.29, 0.717) is 6.54 Å². The van der Waals surface area contributed by atoms with Crippen LogP contribution < -0.4 is 10.5 Å². The molecule has 2 rings (SSSR count). The van der Waals surface area contributed by atoms with Crippen LogP contribution >= 0.6 is 0 Å². The minimum Gasteiger partial charge on any atom is -0.326 e. The van der Waals surface area contributed by atoms with Crippen molar-refractivity contribution >= 4 is 10.0 Å². The van der Waals surface area contributed by atoms with Crippen molar-refractivity contribution in [2.75, 3.05) is 6.54 Å². The van der Waals surface area contributed by atoms with E-state index in [1.54, 1.807) is 0 Å². The fraction of sp³-hybridized carbons (Fsp3) is 0.600. The van der Waals surface area contributed by atoms with Gasteiger partial charge in [0.05, 0.1) is 4.90 Å². The first-order valence-electron chi connectivity index (χ1n) is 7.41. The van der Waals surface area contributed by atoms with Crippen LogP contribution in [0.5, 0.6) is 0 Å². The molecular weight excluding hydrogens is 291 g/mol. The van der Waals surface area contributed by atoms with Gasteiger partial charge in [-0.3, -0.25) is 0 Å². The van der Waals surface area contributed by atoms with Gasteiger partial charge in [-0.05, 0) is 36.8 Å². The lowest BCUT2D eigenvalue weighted by Gasteiger charge is -2.27. The van der Waals surface area contributed by atoms with Gasteiger partial charge in [0, 0.05) is 18.7 Å². The average Bonchev–Trinajstić information content (AvgIpc) is 2.94. The summed E-state index contributed by atoms with van der Waals surface area (Å²) < 4.78 is 41.2. The Labute approximate surface area is 126 Å². The van der Waals surface area contributed by atoms with E-state index in [0.717, 1.165) is 32.1 Å². The highest BCUT2D eigenvalue weighted by atomic mass is 32.2. The van der Waals surface area contributed by atoms with Gasteiger partial charge in [-0.2, -0.15) is 0 Å². The molecule has 1 saturated carbocycles. The Morgan fingerprint density at radius 3 is 2.57 bits per heavy atom. The largest absolute Gasteiger partial charge is 0.326 e. The van der Waals surface area contributed by atoms with Crippen LogP contribution in [0.1, 0.15) is 44.6 Å². The molecule has 4 nitrogen and oxygen atoms in total. The summed E-state index contributed by atoms with van der Waals surface area (Å²) in [6.45, 7) is 2.36. The highest BCUT2D eigenvalue weighted by molar-refractivity contribution is 7.89. The van der Waals surface area contributed by atoms with E-state index < -0.39 is 15.8 Å². The lowest BCUT2D eigenvalue weighted by atomic mass is 9.84. The smallest absolute Gasteiger partial charge is 0.241 e. The Balaban J connectivity index is 2.21. The van der Waals surface area contributed by atoms with Crippen LogP contribution in [-0.4, -0.2) is 15.0 Å². The molecule has 0 heterocycles. The summed E-state index contributed by atoms with van der Waals surface area (Å²) >= 11 is 0. The topological polar surface area (TPSA) is 72.2 Å². The van der Waals surface area contributed by atoms with Gasteiger partial charge < -0.3 is 5.73 Å². The molecule has 0 amide bonds. The molecule has 0 spiro atoms. The molecule has 1 fully saturated rings. The highest BCUT2D eigenvalue weighted by Gasteiger charge is 2.33. The summed E-state index contributed by atoms with van der Waals surface area (Å²) in [6.07, 6.45) is 5.31. The molecule has 6 heteroatoms. The van der Waals surface area contributed by atoms with Crippen LogP contribution in [0.2, 0.25) is 0 Å². The highest BCUT2D eigenvalue weighted by Crippen LogP contribution is 2.40. The van der Waals surface area contributed by atoms with Crippen molar-refractivity contribution in [2.24, 2.45) is 11.1 Å². The Morgan fingerprint density at radius 1 is 1.33 bits per heavy atom. The second-order valence-corrected chi connectivity index (χ2v) is 7.54. The van der Waals surface area contributed by atoms with Gasteiger partial charge in [0.15, 0.2) is 0 Å². The van der Waals surface area contributed by atoms with Crippen molar-refractivity contribution in [3.05, 3.63) is 29.6 Å². The van der Waals surface area contributed by atoms with Gasteiger partial charge in [0.1, 0.15) is 5.82 Å². The maximum absolute atomic E-state index is 13.7. The van der Waals surface area contributed by atoms with Crippen LogP contribution in [-0.2, 0) is 16.6 Å². The zero-order valence-corrected chi connectivity index (χ0v) is 13.2. The van der Waals surface area contributed by atoms with E-state index in [2.05, 4.69) is 11.6 Å². The molecular formula is C15H23FN2O2S. The fourth-order valence-electron chi connectivity index (χ4n) is 3.09. The number of benzene rings is 1. The van der Waals surface area contributed by atoms with Crippen LogP contribution in [0.25, 0.3) is 0 Å². The van der Waals surface area contributed by atoms with E-state index in [9.17, 15) is 12.8 Å². The standard InChI is InChI=1S/C15H23FN2O2S/c1-2-15(8-3-4-9-15)11-18-21(19,20)14-7-5-6-13(16)12(14)10-17/h5-7,18H,2-4,8-11,17H2,1H3. The quantitative estimate of drug-likeness (QED) is 0.847. The zero-order chi connectivity index (χ0) is 15.5. The lowest BCUT2D eigenvalue weighted by Crippen LogP contribution is -2.36. The third kappa shape index (κ3) is 3.44. The number of nitrogens with one attached hydrogen (secondary N) is 1. The summed E-state index contributed by atoms with van der Waals surface area (Å²) in [5, 5.41) is 0. The van der Waals surface area contributed by atoms with Gasteiger partial charge in [0.25, 0.3) is 0 Å². The first-order chi connectivity index (χ1) is 9.94. The van der Waals surface area contributed by atoms with Crippen molar-refractivity contribution in [2.45, 2.75) is 50.5 Å². The van der Waals surface area contributed by atoms with Gasteiger partial charge in [0.2, 0.25) is 10.0 Å². The summed E-state index contributed by atoms with van der Waals surface area (Å²) in [5.74, 6) is -0.577. The number of hydrogen-bond donors (Lipinski definition) is 2. The van der Waals surface area contributed by atoms with Crippen molar-refractivity contribution in [1.29, 1.82) is 0 Å². The molecule has 0 aliphatic heterocycles. The maximum atomic E-state index is 13.7. The summed E-state index contributed by atoms with van der Waals surface area (Å²) in [5.41, 5.74) is 5.57. The molecule has 0 radical (unpaired) electrons. The molecule has 1 aromatic carbocycles. The summed E-state index contributed by atoms with van der Waals surface area (Å²) in [7, 11) is -3.73. The molecule has 0 atom stereocenters. The molecule has 1 aromatic rings. The second-order valence-electron chi connectivity index (χ2n) is 5.81. The molecule has 3 N–H and O–H groups in total. The molecule has 1 aliphatic carbocycles. The number of hydrogen-bond acceptors (Lipinski definition) is 3. The van der Waals surface area contributed by atoms with E-state index in [-0.39, 0.29) is 22.4 Å². The van der Waals surface area contributed by atoms with Crippen LogP contribution in [0.15, 0.2) is 23.1 Å². The van der Waals surface area contributed by atoms with Gasteiger partial charge >= 0.3 is 0 Å². The predicted octanol–water partition coefficient (Wildman–Crippen LogP) is 2.53. The van der Waals surface area contributed by atoms with E-state index in [4.69, 9.17) is 5.73 Å². The summed E-state index contributed by atoms with van der Waals surface area (Å²) in [6, 6.07) is 4.03. The molecule has 0 unspecified atom stereocenters. The summed E-state index contributed by atoms with van der Waals surface area (Å²) in [4.78, 5) is -0.0470. The number of halogens is 1. The van der Waals surface area contributed by atoms with Crippen LogP contribution in [0.4, 0.5) is 4.39 Å². The number of rotatable bonds is 6. The second kappa shape index (κ2) is 6.42.